The van der Waals surface area contributed by atoms with Crippen LogP contribution in [0.5, 0.6) is 0 Å². The average molecular weight is 260 g/mol. The SMILES string of the molecule is CSCC(=O)OCCc1ccc2ccccc2c1. The fourth-order valence-corrected chi connectivity index (χ4v) is 2.16. The number of fused-ring (bicyclic) bond motifs is 1. The minimum atomic E-state index is -0.136. The molecule has 2 rings (SSSR count). The van der Waals surface area contributed by atoms with Crippen molar-refractivity contribution < 1.29 is 9.53 Å². The topological polar surface area (TPSA) is 26.3 Å². The second-order valence-corrected chi connectivity index (χ2v) is 4.95. The third-order valence-electron chi connectivity index (χ3n) is 2.73. The van der Waals surface area contributed by atoms with E-state index in [0.717, 1.165) is 6.42 Å². The normalized spacial score (nSPS) is 10.5. The predicted octanol–water partition coefficient (Wildman–Crippen LogP) is 3.29. The molecule has 3 heteroatoms. The molecule has 2 aromatic rings. The molecular weight excluding hydrogens is 244 g/mol. The van der Waals surface area contributed by atoms with Crippen LogP contribution < -0.4 is 0 Å². The molecule has 0 bridgehead atoms. The van der Waals surface area contributed by atoms with Gasteiger partial charge >= 0.3 is 5.97 Å². The molecule has 0 saturated heterocycles. The Morgan fingerprint density at radius 3 is 2.72 bits per heavy atom. The first kappa shape index (κ1) is 13.0. The Morgan fingerprint density at radius 1 is 1.17 bits per heavy atom. The predicted molar refractivity (Wildman–Crippen MR) is 77.0 cm³/mol. The molecule has 0 aliphatic heterocycles. The summed E-state index contributed by atoms with van der Waals surface area (Å²) in [6.07, 6.45) is 2.66. The van der Waals surface area contributed by atoms with Gasteiger partial charge in [0, 0.05) is 6.42 Å². The molecule has 0 atom stereocenters. The molecule has 0 N–H and O–H groups in total. The van der Waals surface area contributed by atoms with Crippen LogP contribution in [0.25, 0.3) is 10.8 Å². The van der Waals surface area contributed by atoms with Gasteiger partial charge in [0.05, 0.1) is 12.4 Å². The lowest BCUT2D eigenvalue weighted by Gasteiger charge is -2.05. The van der Waals surface area contributed by atoms with Crippen LogP contribution in [-0.4, -0.2) is 24.6 Å². The number of thioether (sulfide) groups is 1. The monoisotopic (exact) mass is 260 g/mol. The summed E-state index contributed by atoms with van der Waals surface area (Å²) in [5.41, 5.74) is 1.20. The Labute approximate surface area is 111 Å². The van der Waals surface area contributed by atoms with Crippen molar-refractivity contribution >= 4 is 28.5 Å². The summed E-state index contributed by atoms with van der Waals surface area (Å²) in [5, 5.41) is 2.46. The highest BCUT2D eigenvalue weighted by Crippen LogP contribution is 2.15. The number of hydrogen-bond donors (Lipinski definition) is 0. The van der Waals surface area contributed by atoms with Gasteiger partial charge in [-0.15, -0.1) is 0 Å². The van der Waals surface area contributed by atoms with E-state index in [1.807, 2.05) is 18.4 Å². The van der Waals surface area contributed by atoms with Gasteiger partial charge in [-0.05, 0) is 22.6 Å². The van der Waals surface area contributed by atoms with Crippen LogP contribution in [-0.2, 0) is 16.0 Å². The van der Waals surface area contributed by atoms with Crippen molar-refractivity contribution in [3.05, 3.63) is 48.0 Å². The van der Waals surface area contributed by atoms with E-state index >= 15 is 0 Å². The maximum absolute atomic E-state index is 11.2. The van der Waals surface area contributed by atoms with E-state index in [1.54, 1.807) is 0 Å². The van der Waals surface area contributed by atoms with Gasteiger partial charge in [-0.2, -0.15) is 11.8 Å². The molecule has 0 aromatic heterocycles. The van der Waals surface area contributed by atoms with Crippen LogP contribution in [0.15, 0.2) is 42.5 Å². The molecule has 0 saturated carbocycles. The first-order valence-electron chi connectivity index (χ1n) is 5.92. The van der Waals surface area contributed by atoms with Crippen LogP contribution >= 0.6 is 11.8 Å². The zero-order valence-corrected chi connectivity index (χ0v) is 11.2. The largest absolute Gasteiger partial charge is 0.465 e. The van der Waals surface area contributed by atoms with Crippen molar-refractivity contribution in [3.8, 4) is 0 Å². The minimum Gasteiger partial charge on any atom is -0.465 e. The van der Waals surface area contributed by atoms with E-state index in [4.69, 9.17) is 4.74 Å². The number of hydrogen-bond acceptors (Lipinski definition) is 3. The Hall–Kier alpha value is -1.48. The Morgan fingerprint density at radius 2 is 1.94 bits per heavy atom. The highest BCUT2D eigenvalue weighted by atomic mass is 32.2. The quantitative estimate of drug-likeness (QED) is 0.772. The molecule has 0 aliphatic rings. The molecule has 0 fully saturated rings. The summed E-state index contributed by atoms with van der Waals surface area (Å²) in [5.74, 6) is 0.292. The van der Waals surface area contributed by atoms with Crippen molar-refractivity contribution in [3.63, 3.8) is 0 Å². The van der Waals surface area contributed by atoms with Crippen molar-refractivity contribution in [2.24, 2.45) is 0 Å². The lowest BCUT2D eigenvalue weighted by Crippen LogP contribution is -2.09. The van der Waals surface area contributed by atoms with Crippen molar-refractivity contribution in [2.45, 2.75) is 6.42 Å². The fourth-order valence-electron chi connectivity index (χ4n) is 1.84. The third kappa shape index (κ3) is 3.50. The molecule has 0 spiro atoms. The molecule has 0 radical (unpaired) electrons. The zero-order chi connectivity index (χ0) is 12.8. The summed E-state index contributed by atoms with van der Waals surface area (Å²) in [4.78, 5) is 11.2. The molecule has 94 valence electrons. The Balaban J connectivity index is 1.93. The van der Waals surface area contributed by atoms with Crippen molar-refractivity contribution in [1.29, 1.82) is 0 Å². The van der Waals surface area contributed by atoms with Gasteiger partial charge in [0.25, 0.3) is 0 Å². The molecule has 2 nitrogen and oxygen atoms in total. The summed E-state index contributed by atoms with van der Waals surface area (Å²) < 4.78 is 5.14. The minimum absolute atomic E-state index is 0.136. The van der Waals surface area contributed by atoms with E-state index in [1.165, 1.54) is 28.1 Å². The summed E-state index contributed by atoms with van der Waals surface area (Å²) in [6, 6.07) is 14.6. The highest BCUT2D eigenvalue weighted by molar-refractivity contribution is 7.99. The van der Waals surface area contributed by atoms with Gasteiger partial charge in [-0.3, -0.25) is 4.79 Å². The van der Waals surface area contributed by atoms with Crippen molar-refractivity contribution in [1.82, 2.24) is 0 Å². The average Bonchev–Trinajstić information content (AvgIpc) is 2.39. The number of carbonyl (C=O) groups is 1. The number of benzene rings is 2. The molecule has 2 aromatic carbocycles. The van der Waals surface area contributed by atoms with Crippen LogP contribution in [0.4, 0.5) is 0 Å². The Kier molecular flexibility index (Phi) is 4.65. The zero-order valence-electron chi connectivity index (χ0n) is 10.4. The van der Waals surface area contributed by atoms with Crippen LogP contribution in [0.2, 0.25) is 0 Å². The van der Waals surface area contributed by atoms with E-state index in [9.17, 15) is 4.79 Å². The van der Waals surface area contributed by atoms with Gasteiger partial charge in [0.15, 0.2) is 0 Å². The van der Waals surface area contributed by atoms with Crippen molar-refractivity contribution in [2.75, 3.05) is 18.6 Å². The molecule has 0 amide bonds. The fraction of sp³-hybridized carbons (Fsp3) is 0.267. The first-order valence-corrected chi connectivity index (χ1v) is 7.31. The van der Waals surface area contributed by atoms with Gasteiger partial charge in [0.2, 0.25) is 0 Å². The number of esters is 1. The number of carbonyl (C=O) groups excluding carboxylic acids is 1. The molecule has 0 aliphatic carbocycles. The summed E-state index contributed by atoms with van der Waals surface area (Å²) in [7, 11) is 0. The summed E-state index contributed by atoms with van der Waals surface area (Å²) in [6.45, 7) is 0.456. The van der Waals surface area contributed by atoms with E-state index in [-0.39, 0.29) is 5.97 Å². The maximum Gasteiger partial charge on any atom is 0.315 e. The maximum atomic E-state index is 11.2. The Bertz CT molecular complexity index is 537. The standard InChI is InChI=1S/C15H16O2S/c1-18-11-15(16)17-9-8-12-6-7-13-4-2-3-5-14(13)10-12/h2-7,10H,8-9,11H2,1H3. The van der Waals surface area contributed by atoms with E-state index < -0.39 is 0 Å². The van der Waals surface area contributed by atoms with Crippen LogP contribution in [0.3, 0.4) is 0 Å². The van der Waals surface area contributed by atoms with Crippen LogP contribution in [0, 0.1) is 0 Å². The molecule has 0 unspecified atom stereocenters. The van der Waals surface area contributed by atoms with Crippen LogP contribution in [0.1, 0.15) is 5.56 Å². The number of rotatable bonds is 5. The molecular formula is C15H16O2S. The first-order chi connectivity index (χ1) is 8.79. The van der Waals surface area contributed by atoms with E-state index in [0.29, 0.717) is 12.4 Å². The number of ether oxygens (including phenoxy) is 1. The second kappa shape index (κ2) is 6.45. The molecule has 0 heterocycles. The van der Waals surface area contributed by atoms with Gasteiger partial charge < -0.3 is 4.74 Å². The van der Waals surface area contributed by atoms with Gasteiger partial charge in [0.1, 0.15) is 0 Å². The lowest BCUT2D eigenvalue weighted by molar-refractivity contribution is -0.140. The smallest absolute Gasteiger partial charge is 0.315 e. The second-order valence-electron chi connectivity index (χ2n) is 4.08. The third-order valence-corrected chi connectivity index (χ3v) is 3.25. The highest BCUT2D eigenvalue weighted by Gasteiger charge is 2.01. The van der Waals surface area contributed by atoms with E-state index in [2.05, 4.69) is 30.3 Å². The lowest BCUT2D eigenvalue weighted by atomic mass is 10.1. The summed E-state index contributed by atoms with van der Waals surface area (Å²) >= 11 is 1.48. The molecule has 18 heavy (non-hydrogen) atoms. The van der Waals surface area contributed by atoms with Gasteiger partial charge in [-0.1, -0.05) is 42.5 Å². The van der Waals surface area contributed by atoms with Gasteiger partial charge in [-0.25, -0.2) is 0 Å².